The third-order valence-electron chi connectivity index (χ3n) is 4.53. The predicted octanol–water partition coefficient (Wildman–Crippen LogP) is 0.862. The fourth-order valence-electron chi connectivity index (χ4n) is 3.05. The molecule has 0 spiro atoms. The summed E-state index contributed by atoms with van der Waals surface area (Å²) in [5, 5.41) is 6.17. The molecule has 1 atom stereocenters. The summed E-state index contributed by atoms with van der Waals surface area (Å²) in [6.45, 7) is 3.93. The van der Waals surface area contributed by atoms with Gasteiger partial charge in [-0.15, -0.1) is 0 Å². The van der Waals surface area contributed by atoms with E-state index in [2.05, 4.69) is 10.6 Å². The minimum absolute atomic E-state index is 0.0113. The molecule has 3 rings (SSSR count). The van der Waals surface area contributed by atoms with Gasteiger partial charge in [-0.1, -0.05) is 12.1 Å². The Morgan fingerprint density at radius 3 is 2.84 bits per heavy atom. The summed E-state index contributed by atoms with van der Waals surface area (Å²) in [5.74, 6) is 0.404. The Hall–Kier alpha value is -2.12. The largest absolute Gasteiger partial charge is 0.482 e. The Morgan fingerprint density at radius 1 is 1.28 bits per heavy atom. The van der Waals surface area contributed by atoms with Crippen LogP contribution in [0.25, 0.3) is 0 Å². The van der Waals surface area contributed by atoms with Crippen LogP contribution in [0.5, 0.6) is 5.75 Å². The minimum Gasteiger partial charge on any atom is -0.482 e. The molecule has 2 amide bonds. The number of amides is 2. The van der Waals surface area contributed by atoms with E-state index >= 15 is 0 Å². The first-order valence-electron chi connectivity index (χ1n) is 8.83. The molecule has 0 aromatic heterocycles. The van der Waals surface area contributed by atoms with Crippen LogP contribution >= 0.6 is 0 Å². The van der Waals surface area contributed by atoms with Crippen LogP contribution in [0.3, 0.4) is 0 Å². The van der Waals surface area contributed by atoms with Crippen LogP contribution in [-0.4, -0.2) is 62.7 Å². The summed E-state index contributed by atoms with van der Waals surface area (Å²) in [4.78, 5) is 26.3. The zero-order chi connectivity index (χ0) is 17.5. The molecule has 0 aliphatic carbocycles. The molecule has 25 heavy (non-hydrogen) atoms. The molecule has 7 heteroatoms. The molecule has 2 aliphatic heterocycles. The molecule has 2 fully saturated rings. The molecule has 2 aliphatic rings. The molecule has 1 unspecified atom stereocenters. The lowest BCUT2D eigenvalue weighted by Gasteiger charge is -2.27. The monoisotopic (exact) mass is 347 g/mol. The molecule has 1 aromatic rings. The number of piperidine rings is 1. The maximum Gasteiger partial charge on any atom is 0.260 e. The zero-order valence-electron chi connectivity index (χ0n) is 14.3. The number of nitrogens with one attached hydrogen (secondary N) is 2. The summed E-state index contributed by atoms with van der Waals surface area (Å²) in [7, 11) is 0. The van der Waals surface area contributed by atoms with E-state index < -0.39 is 0 Å². The molecular weight excluding hydrogens is 322 g/mol. The maximum atomic E-state index is 12.4. The third-order valence-corrected chi connectivity index (χ3v) is 4.53. The number of benzene rings is 1. The van der Waals surface area contributed by atoms with E-state index in [1.165, 1.54) is 0 Å². The van der Waals surface area contributed by atoms with Crippen LogP contribution in [0.15, 0.2) is 24.3 Å². The van der Waals surface area contributed by atoms with Crippen molar-refractivity contribution in [2.24, 2.45) is 5.92 Å². The van der Waals surface area contributed by atoms with Gasteiger partial charge in [0.05, 0.1) is 24.8 Å². The normalized spacial score (nSPS) is 20.8. The number of ether oxygens (including phenoxy) is 2. The molecule has 2 N–H and O–H groups in total. The van der Waals surface area contributed by atoms with Crippen LogP contribution in [0.1, 0.15) is 12.8 Å². The van der Waals surface area contributed by atoms with Crippen molar-refractivity contribution in [1.82, 2.24) is 10.2 Å². The van der Waals surface area contributed by atoms with E-state index in [0.717, 1.165) is 19.4 Å². The Kier molecular flexibility index (Phi) is 6.25. The van der Waals surface area contributed by atoms with Crippen molar-refractivity contribution in [2.45, 2.75) is 12.8 Å². The molecular formula is C18H25N3O4. The number of nitrogens with zero attached hydrogens (tertiary/aromatic N) is 1. The number of para-hydroxylation sites is 2. The number of rotatable bonds is 5. The molecule has 2 heterocycles. The van der Waals surface area contributed by atoms with Crippen LogP contribution in [-0.2, 0) is 14.3 Å². The van der Waals surface area contributed by atoms with Gasteiger partial charge in [0.15, 0.2) is 6.61 Å². The highest BCUT2D eigenvalue weighted by molar-refractivity contribution is 5.94. The van der Waals surface area contributed by atoms with E-state index in [9.17, 15) is 9.59 Å². The Bertz CT molecular complexity index is 596. The molecule has 0 bridgehead atoms. The van der Waals surface area contributed by atoms with Gasteiger partial charge in [-0.3, -0.25) is 9.59 Å². The van der Waals surface area contributed by atoms with Crippen LogP contribution in [0.2, 0.25) is 0 Å². The van der Waals surface area contributed by atoms with Crippen LogP contribution in [0, 0.1) is 5.92 Å². The highest BCUT2D eigenvalue weighted by Gasteiger charge is 2.22. The quantitative estimate of drug-likeness (QED) is 0.826. The Morgan fingerprint density at radius 2 is 2.08 bits per heavy atom. The number of carbonyl (C=O) groups excluding carboxylic acids is 2. The fourth-order valence-corrected chi connectivity index (χ4v) is 3.05. The first-order valence-corrected chi connectivity index (χ1v) is 8.83. The molecule has 136 valence electrons. The molecule has 1 aromatic carbocycles. The van der Waals surface area contributed by atoms with Crippen LogP contribution < -0.4 is 15.4 Å². The van der Waals surface area contributed by atoms with Crippen molar-refractivity contribution < 1.29 is 19.1 Å². The minimum atomic E-state index is -0.0686. The summed E-state index contributed by atoms with van der Waals surface area (Å²) in [6.07, 6.45) is 1.89. The highest BCUT2D eigenvalue weighted by atomic mass is 16.5. The smallest absolute Gasteiger partial charge is 0.260 e. The SMILES string of the molecule is O=C(Nc1ccccc1OCC(=O)N1CCOCC1)C1CCCNC1. The second-order valence-corrected chi connectivity index (χ2v) is 6.31. The standard InChI is InChI=1S/C18H25N3O4/c22-17(21-8-10-24-11-9-21)13-25-16-6-2-1-5-15(16)20-18(23)14-4-3-7-19-12-14/h1-2,5-6,14,19H,3-4,7-13H2,(H,20,23). The number of morpholine rings is 1. The Balaban J connectivity index is 1.56. The molecule has 2 saturated heterocycles. The number of carbonyl (C=O) groups is 2. The number of hydrogen-bond acceptors (Lipinski definition) is 5. The average molecular weight is 347 g/mol. The second-order valence-electron chi connectivity index (χ2n) is 6.31. The van der Waals surface area contributed by atoms with Crippen molar-refractivity contribution >= 4 is 17.5 Å². The first kappa shape index (κ1) is 17.7. The van der Waals surface area contributed by atoms with E-state index in [1.54, 1.807) is 17.0 Å². The summed E-state index contributed by atoms with van der Waals surface area (Å²) in [5.41, 5.74) is 0.604. The third kappa shape index (κ3) is 4.93. The van der Waals surface area contributed by atoms with Gasteiger partial charge in [-0.05, 0) is 31.5 Å². The second kappa shape index (κ2) is 8.82. The van der Waals surface area contributed by atoms with Gasteiger partial charge >= 0.3 is 0 Å². The van der Waals surface area contributed by atoms with Gasteiger partial charge in [-0.2, -0.15) is 0 Å². The topological polar surface area (TPSA) is 79.9 Å². The maximum absolute atomic E-state index is 12.4. The Labute approximate surface area is 147 Å². The summed E-state index contributed by atoms with van der Waals surface area (Å²) < 4.78 is 10.9. The first-order chi connectivity index (χ1) is 12.2. The van der Waals surface area contributed by atoms with Gasteiger partial charge in [-0.25, -0.2) is 0 Å². The summed E-state index contributed by atoms with van der Waals surface area (Å²) in [6, 6.07) is 7.22. The van der Waals surface area contributed by atoms with Crippen molar-refractivity contribution in [2.75, 3.05) is 51.3 Å². The van der Waals surface area contributed by atoms with E-state index in [-0.39, 0.29) is 24.3 Å². The van der Waals surface area contributed by atoms with Gasteiger partial charge in [0.2, 0.25) is 5.91 Å². The molecule has 7 nitrogen and oxygen atoms in total. The van der Waals surface area contributed by atoms with Crippen molar-refractivity contribution in [1.29, 1.82) is 0 Å². The fraction of sp³-hybridized carbons (Fsp3) is 0.556. The highest BCUT2D eigenvalue weighted by Crippen LogP contribution is 2.25. The van der Waals surface area contributed by atoms with Crippen molar-refractivity contribution in [3.63, 3.8) is 0 Å². The number of anilines is 1. The van der Waals surface area contributed by atoms with Gasteiger partial charge in [0, 0.05) is 19.6 Å². The van der Waals surface area contributed by atoms with Gasteiger partial charge in [0.1, 0.15) is 5.75 Å². The van der Waals surface area contributed by atoms with Gasteiger partial charge < -0.3 is 25.0 Å². The lowest BCUT2D eigenvalue weighted by atomic mass is 9.99. The van der Waals surface area contributed by atoms with Crippen molar-refractivity contribution in [3.05, 3.63) is 24.3 Å². The van der Waals surface area contributed by atoms with E-state index in [4.69, 9.17) is 9.47 Å². The van der Waals surface area contributed by atoms with E-state index in [0.29, 0.717) is 44.3 Å². The van der Waals surface area contributed by atoms with Crippen molar-refractivity contribution in [3.8, 4) is 5.75 Å². The molecule has 0 saturated carbocycles. The lowest BCUT2D eigenvalue weighted by molar-refractivity contribution is -0.137. The average Bonchev–Trinajstić information content (AvgIpc) is 2.68. The molecule has 0 radical (unpaired) electrons. The lowest BCUT2D eigenvalue weighted by Crippen LogP contribution is -2.43. The zero-order valence-corrected chi connectivity index (χ0v) is 14.3. The summed E-state index contributed by atoms with van der Waals surface area (Å²) >= 11 is 0. The van der Waals surface area contributed by atoms with E-state index in [1.807, 2.05) is 12.1 Å². The number of hydrogen-bond donors (Lipinski definition) is 2. The van der Waals surface area contributed by atoms with Gasteiger partial charge in [0.25, 0.3) is 5.91 Å². The predicted molar refractivity (Wildman–Crippen MR) is 93.6 cm³/mol. The van der Waals surface area contributed by atoms with Crippen LogP contribution in [0.4, 0.5) is 5.69 Å².